The molecule has 0 saturated carbocycles. The fourth-order valence-electron chi connectivity index (χ4n) is 1.46. The van der Waals surface area contributed by atoms with Gasteiger partial charge in [0.1, 0.15) is 11.4 Å². The zero-order chi connectivity index (χ0) is 13.1. The van der Waals surface area contributed by atoms with Crippen LogP contribution in [0.25, 0.3) is 0 Å². The highest BCUT2D eigenvalue weighted by Gasteiger charge is 2.16. The number of hydrogen-bond donors (Lipinski definition) is 3. The first-order chi connectivity index (χ1) is 8.58. The van der Waals surface area contributed by atoms with E-state index in [0.717, 1.165) is 6.20 Å². The average molecular weight is 249 g/mol. The molecule has 0 atom stereocenters. The highest BCUT2D eigenvalue weighted by molar-refractivity contribution is 5.93. The smallest absolute Gasteiger partial charge is 0.325 e. The Kier molecular flexibility index (Phi) is 3.09. The Morgan fingerprint density at radius 2 is 2.17 bits per heavy atom. The van der Waals surface area contributed by atoms with Crippen LogP contribution in [0.4, 0.5) is 0 Å². The van der Waals surface area contributed by atoms with Crippen molar-refractivity contribution in [2.24, 2.45) is 0 Å². The summed E-state index contributed by atoms with van der Waals surface area (Å²) >= 11 is 0. The van der Waals surface area contributed by atoms with Gasteiger partial charge in [0.15, 0.2) is 0 Å². The molecule has 2 heterocycles. The van der Waals surface area contributed by atoms with Gasteiger partial charge in [-0.15, -0.1) is 0 Å². The number of carbonyl (C=O) groups excluding carboxylic acids is 1. The van der Waals surface area contributed by atoms with Crippen LogP contribution in [-0.2, 0) is 6.54 Å². The molecule has 8 nitrogen and oxygen atoms in total. The van der Waals surface area contributed by atoms with Crippen LogP contribution in [0.2, 0.25) is 0 Å². The minimum absolute atomic E-state index is 0.122. The number of imidazole rings is 1. The normalized spacial score (nSPS) is 10.3. The molecule has 0 unspecified atom stereocenters. The highest BCUT2D eigenvalue weighted by Crippen LogP contribution is 2.00. The molecule has 1 amide bonds. The van der Waals surface area contributed by atoms with E-state index in [4.69, 9.17) is 0 Å². The molecule has 0 fully saturated rings. The van der Waals surface area contributed by atoms with Crippen LogP contribution in [0.3, 0.4) is 0 Å². The standard InChI is InChI=1S/C10H11N5O3/c1-15(5-7-11-2-3-12-7)9(17)6-4-13-10(18)14-8(6)16/h2-4H,5H2,1H3,(H,11,12)(H2,13,14,16,18). The SMILES string of the molecule is CN(Cc1ncc[nH]1)C(=O)c1c[nH]c(=O)[nH]c1=O. The van der Waals surface area contributed by atoms with E-state index >= 15 is 0 Å². The Morgan fingerprint density at radius 3 is 2.78 bits per heavy atom. The number of aromatic amines is 3. The van der Waals surface area contributed by atoms with Crippen molar-refractivity contribution in [3.63, 3.8) is 0 Å². The third-order valence-corrected chi connectivity index (χ3v) is 2.34. The molecule has 0 aliphatic rings. The van der Waals surface area contributed by atoms with E-state index in [0.29, 0.717) is 5.82 Å². The van der Waals surface area contributed by atoms with Crippen molar-refractivity contribution in [2.45, 2.75) is 6.54 Å². The number of nitrogens with one attached hydrogen (secondary N) is 3. The number of aromatic nitrogens is 4. The van der Waals surface area contributed by atoms with Crippen molar-refractivity contribution < 1.29 is 4.79 Å². The third-order valence-electron chi connectivity index (χ3n) is 2.34. The molecular weight excluding hydrogens is 238 g/mol. The van der Waals surface area contributed by atoms with Gasteiger partial charge >= 0.3 is 5.69 Å². The van der Waals surface area contributed by atoms with E-state index in [1.54, 1.807) is 12.4 Å². The number of nitrogens with zero attached hydrogens (tertiary/aromatic N) is 2. The zero-order valence-corrected chi connectivity index (χ0v) is 9.56. The lowest BCUT2D eigenvalue weighted by atomic mass is 10.3. The van der Waals surface area contributed by atoms with Gasteiger partial charge in [-0.1, -0.05) is 0 Å². The van der Waals surface area contributed by atoms with Crippen LogP contribution >= 0.6 is 0 Å². The number of H-pyrrole nitrogens is 3. The summed E-state index contributed by atoms with van der Waals surface area (Å²) < 4.78 is 0. The van der Waals surface area contributed by atoms with Crippen molar-refractivity contribution in [1.82, 2.24) is 24.8 Å². The molecule has 0 bridgehead atoms. The van der Waals surface area contributed by atoms with Gasteiger partial charge in [-0.25, -0.2) is 9.78 Å². The average Bonchev–Trinajstić information content (AvgIpc) is 2.81. The Balaban J connectivity index is 2.20. The first-order valence-corrected chi connectivity index (χ1v) is 5.13. The monoisotopic (exact) mass is 249 g/mol. The second kappa shape index (κ2) is 4.70. The summed E-state index contributed by atoms with van der Waals surface area (Å²) in [4.78, 5) is 46.6. The van der Waals surface area contributed by atoms with Crippen LogP contribution in [0.5, 0.6) is 0 Å². The van der Waals surface area contributed by atoms with E-state index in [2.05, 4.69) is 15.0 Å². The number of carbonyl (C=O) groups is 1. The number of hydrogen-bond acceptors (Lipinski definition) is 4. The van der Waals surface area contributed by atoms with Crippen LogP contribution in [0, 0.1) is 0 Å². The van der Waals surface area contributed by atoms with Crippen LogP contribution in [0.1, 0.15) is 16.2 Å². The molecular formula is C10H11N5O3. The van der Waals surface area contributed by atoms with E-state index in [9.17, 15) is 14.4 Å². The Hall–Kier alpha value is -2.64. The predicted octanol–water partition coefficient (Wildman–Crippen LogP) is -0.941. The summed E-state index contributed by atoms with van der Waals surface area (Å²) in [5.41, 5.74) is -1.48. The van der Waals surface area contributed by atoms with Gasteiger partial charge in [0, 0.05) is 25.6 Å². The fraction of sp³-hybridized carbons (Fsp3) is 0.200. The summed E-state index contributed by atoms with van der Waals surface area (Å²) in [6.07, 6.45) is 4.31. The van der Waals surface area contributed by atoms with E-state index in [1.807, 2.05) is 4.98 Å². The minimum atomic E-state index is -0.713. The van der Waals surface area contributed by atoms with Crippen molar-refractivity contribution in [2.75, 3.05) is 7.05 Å². The van der Waals surface area contributed by atoms with Crippen LogP contribution in [-0.4, -0.2) is 37.8 Å². The van der Waals surface area contributed by atoms with E-state index in [1.165, 1.54) is 11.9 Å². The maximum absolute atomic E-state index is 11.9. The molecule has 2 aromatic heterocycles. The molecule has 0 aliphatic heterocycles. The predicted molar refractivity (Wildman–Crippen MR) is 62.1 cm³/mol. The maximum atomic E-state index is 11.9. The number of rotatable bonds is 3. The molecule has 2 aromatic rings. The molecule has 8 heteroatoms. The summed E-state index contributed by atoms with van der Waals surface area (Å²) in [5.74, 6) is 0.107. The van der Waals surface area contributed by atoms with Crippen molar-refractivity contribution in [3.8, 4) is 0 Å². The summed E-state index contributed by atoms with van der Waals surface area (Å²) in [6, 6.07) is 0. The van der Waals surface area contributed by atoms with Gasteiger partial charge in [0.25, 0.3) is 11.5 Å². The molecule has 0 saturated heterocycles. The Labute approximate surface area is 101 Å². The lowest BCUT2D eigenvalue weighted by molar-refractivity contribution is 0.0779. The topological polar surface area (TPSA) is 115 Å². The number of amides is 1. The highest BCUT2D eigenvalue weighted by atomic mass is 16.2. The van der Waals surface area contributed by atoms with Crippen molar-refractivity contribution >= 4 is 5.91 Å². The van der Waals surface area contributed by atoms with Crippen molar-refractivity contribution in [3.05, 3.63) is 50.8 Å². The molecule has 0 aliphatic carbocycles. The lowest BCUT2D eigenvalue weighted by Crippen LogP contribution is -2.34. The van der Waals surface area contributed by atoms with Gasteiger partial charge in [0.2, 0.25) is 0 Å². The molecule has 3 N–H and O–H groups in total. The molecule has 0 spiro atoms. The maximum Gasteiger partial charge on any atom is 0.325 e. The van der Waals surface area contributed by atoms with E-state index < -0.39 is 17.2 Å². The largest absolute Gasteiger partial charge is 0.347 e. The van der Waals surface area contributed by atoms with Gasteiger partial charge < -0.3 is 14.9 Å². The third kappa shape index (κ3) is 2.37. The summed E-state index contributed by atoms with van der Waals surface area (Å²) in [6.45, 7) is 0.240. The van der Waals surface area contributed by atoms with Crippen molar-refractivity contribution in [1.29, 1.82) is 0 Å². The van der Waals surface area contributed by atoms with Crippen LogP contribution in [0.15, 0.2) is 28.2 Å². The van der Waals surface area contributed by atoms with Gasteiger partial charge in [-0.2, -0.15) is 0 Å². The molecule has 94 valence electrons. The fourth-order valence-corrected chi connectivity index (χ4v) is 1.46. The van der Waals surface area contributed by atoms with Gasteiger partial charge in [-0.05, 0) is 0 Å². The van der Waals surface area contributed by atoms with Crippen LogP contribution < -0.4 is 11.2 Å². The quantitative estimate of drug-likeness (QED) is 0.651. The molecule has 2 rings (SSSR count). The zero-order valence-electron chi connectivity index (χ0n) is 9.56. The molecule has 0 radical (unpaired) electrons. The Bertz CT molecular complexity index is 655. The molecule has 0 aromatic carbocycles. The Morgan fingerprint density at radius 1 is 1.39 bits per heavy atom. The summed E-state index contributed by atoms with van der Waals surface area (Å²) in [5, 5.41) is 0. The first-order valence-electron chi connectivity index (χ1n) is 5.13. The second-order valence-electron chi connectivity index (χ2n) is 3.68. The van der Waals surface area contributed by atoms with E-state index in [-0.39, 0.29) is 12.1 Å². The second-order valence-corrected chi connectivity index (χ2v) is 3.68. The first kappa shape index (κ1) is 11.8. The lowest BCUT2D eigenvalue weighted by Gasteiger charge is -2.14. The van der Waals surface area contributed by atoms with Gasteiger partial charge in [0.05, 0.1) is 6.54 Å². The molecule has 18 heavy (non-hydrogen) atoms. The minimum Gasteiger partial charge on any atom is -0.347 e. The summed E-state index contributed by atoms with van der Waals surface area (Å²) in [7, 11) is 1.54. The van der Waals surface area contributed by atoms with Gasteiger partial charge in [-0.3, -0.25) is 14.6 Å².